The monoisotopic (exact) mass is 572 g/mol. The van der Waals surface area contributed by atoms with Crippen molar-refractivity contribution in [2.75, 3.05) is 52.4 Å². The Labute approximate surface area is 222 Å². The summed E-state index contributed by atoms with van der Waals surface area (Å²) in [6.07, 6.45) is -4.69. The number of rotatable bonds is 7. The smallest absolute Gasteiger partial charge is 0.416 e. The summed E-state index contributed by atoms with van der Waals surface area (Å²) in [6.45, 7) is 0.582. The van der Waals surface area contributed by atoms with E-state index >= 15 is 0 Å². The third-order valence-corrected chi connectivity index (χ3v) is 8.43. The van der Waals surface area contributed by atoms with Crippen LogP contribution in [-0.4, -0.2) is 70.4 Å². The number of sulfonamides is 1. The molecule has 0 spiro atoms. The lowest BCUT2D eigenvalue weighted by Gasteiger charge is -2.34. The van der Waals surface area contributed by atoms with Crippen molar-refractivity contribution < 1.29 is 35.8 Å². The van der Waals surface area contributed by atoms with E-state index in [1.807, 2.05) is 4.90 Å². The molecule has 2 heterocycles. The topological polar surface area (TPSA) is 94.1 Å². The summed E-state index contributed by atoms with van der Waals surface area (Å²) in [5, 5.41) is 8.30. The van der Waals surface area contributed by atoms with Gasteiger partial charge in [-0.25, -0.2) is 8.42 Å². The summed E-state index contributed by atoms with van der Waals surface area (Å²) < 4.78 is 82.8. The molecule has 1 aliphatic heterocycles. The van der Waals surface area contributed by atoms with Crippen molar-refractivity contribution in [2.24, 2.45) is 0 Å². The Morgan fingerprint density at radius 3 is 2.00 bits per heavy atom. The number of anilines is 1. The third kappa shape index (κ3) is 5.45. The number of methoxy groups -OCH3 is 3. The Kier molecular flexibility index (Phi) is 7.90. The van der Waals surface area contributed by atoms with E-state index in [9.17, 15) is 21.6 Å². The van der Waals surface area contributed by atoms with E-state index in [4.69, 9.17) is 25.8 Å². The highest BCUT2D eigenvalue weighted by atomic mass is 35.5. The summed E-state index contributed by atoms with van der Waals surface area (Å²) in [5.74, 6) is 1.90. The molecule has 1 fully saturated rings. The van der Waals surface area contributed by atoms with Crippen LogP contribution in [0.1, 0.15) is 5.56 Å². The van der Waals surface area contributed by atoms with Gasteiger partial charge >= 0.3 is 6.18 Å². The van der Waals surface area contributed by atoms with Gasteiger partial charge in [0.25, 0.3) is 0 Å². The van der Waals surface area contributed by atoms with Crippen LogP contribution in [-0.2, 0) is 16.2 Å². The van der Waals surface area contributed by atoms with Gasteiger partial charge in [0.15, 0.2) is 17.3 Å². The van der Waals surface area contributed by atoms with Crippen molar-refractivity contribution in [3.05, 3.63) is 53.1 Å². The van der Waals surface area contributed by atoms with E-state index in [0.29, 0.717) is 40.4 Å². The molecule has 1 saturated heterocycles. The van der Waals surface area contributed by atoms with Crippen LogP contribution in [0.3, 0.4) is 0 Å². The molecule has 14 heteroatoms. The summed E-state index contributed by atoms with van der Waals surface area (Å²) >= 11 is 5.97. The molecule has 0 radical (unpaired) electrons. The SMILES string of the molecule is COc1cc(-c2ccc(N3CCN(S(=O)(=O)c4cc(C(F)(F)F)ccc4Cl)CC3)nn2)cc(OC)c1OC. The van der Waals surface area contributed by atoms with Gasteiger partial charge in [-0.1, -0.05) is 11.6 Å². The summed E-state index contributed by atoms with van der Waals surface area (Å²) in [7, 11) is 0.291. The van der Waals surface area contributed by atoms with Gasteiger partial charge in [-0.15, -0.1) is 10.2 Å². The van der Waals surface area contributed by atoms with E-state index in [-0.39, 0.29) is 31.2 Å². The molecule has 204 valence electrons. The Balaban J connectivity index is 1.49. The van der Waals surface area contributed by atoms with Gasteiger partial charge in [0.2, 0.25) is 15.8 Å². The van der Waals surface area contributed by atoms with Gasteiger partial charge in [0, 0.05) is 31.7 Å². The van der Waals surface area contributed by atoms with Gasteiger partial charge in [-0.3, -0.25) is 0 Å². The molecule has 1 aliphatic rings. The highest BCUT2D eigenvalue weighted by Crippen LogP contribution is 2.41. The van der Waals surface area contributed by atoms with Gasteiger partial charge < -0.3 is 19.1 Å². The Morgan fingerprint density at radius 1 is 0.868 bits per heavy atom. The molecule has 0 bridgehead atoms. The van der Waals surface area contributed by atoms with E-state index in [1.165, 1.54) is 21.3 Å². The van der Waals surface area contributed by atoms with Crippen molar-refractivity contribution in [3.63, 3.8) is 0 Å². The van der Waals surface area contributed by atoms with E-state index in [1.54, 1.807) is 24.3 Å². The number of piperazine rings is 1. The van der Waals surface area contributed by atoms with Crippen LogP contribution in [0.25, 0.3) is 11.3 Å². The third-order valence-electron chi connectivity index (χ3n) is 6.05. The van der Waals surface area contributed by atoms with Gasteiger partial charge in [-0.05, 0) is 42.5 Å². The first-order valence-electron chi connectivity index (χ1n) is 11.3. The molecule has 4 rings (SSSR count). The molecule has 0 unspecified atom stereocenters. The lowest BCUT2D eigenvalue weighted by molar-refractivity contribution is -0.137. The first-order chi connectivity index (χ1) is 18.0. The summed E-state index contributed by atoms with van der Waals surface area (Å²) in [4.78, 5) is 1.27. The number of hydrogen-bond donors (Lipinski definition) is 0. The largest absolute Gasteiger partial charge is 0.493 e. The van der Waals surface area contributed by atoms with Crippen molar-refractivity contribution in [3.8, 4) is 28.5 Å². The van der Waals surface area contributed by atoms with Crippen LogP contribution in [0.4, 0.5) is 19.0 Å². The number of aromatic nitrogens is 2. The molecular weight excluding hydrogens is 549 g/mol. The second-order valence-electron chi connectivity index (χ2n) is 8.22. The van der Waals surface area contributed by atoms with Crippen LogP contribution < -0.4 is 19.1 Å². The fourth-order valence-corrected chi connectivity index (χ4v) is 5.97. The standard InChI is InChI=1S/C24H24ClF3N4O5S/c1-35-19-12-15(13-20(36-2)23(19)37-3)18-6-7-22(30-29-18)31-8-10-32(11-9-31)38(33,34)21-14-16(24(26,27)28)4-5-17(21)25/h4-7,12-14H,8-11H2,1-3H3. The van der Waals surface area contributed by atoms with Crippen LogP contribution in [0.15, 0.2) is 47.4 Å². The molecule has 0 aliphatic carbocycles. The number of alkyl halides is 3. The minimum Gasteiger partial charge on any atom is -0.493 e. The molecule has 1 aromatic heterocycles. The number of hydrogen-bond acceptors (Lipinski definition) is 8. The normalized spacial score (nSPS) is 14.9. The molecule has 0 N–H and O–H groups in total. The highest BCUT2D eigenvalue weighted by Gasteiger charge is 2.35. The van der Waals surface area contributed by atoms with Gasteiger partial charge in [0.1, 0.15) is 4.90 Å². The fourth-order valence-electron chi connectivity index (χ4n) is 4.05. The average Bonchev–Trinajstić information content (AvgIpc) is 2.91. The number of benzene rings is 2. The van der Waals surface area contributed by atoms with Crippen molar-refractivity contribution in [1.82, 2.24) is 14.5 Å². The summed E-state index contributed by atoms with van der Waals surface area (Å²) in [6, 6.07) is 9.25. The molecular formula is C24H24ClF3N4O5S. The number of nitrogens with zero attached hydrogens (tertiary/aromatic N) is 4. The molecule has 2 aromatic carbocycles. The molecule has 38 heavy (non-hydrogen) atoms. The van der Waals surface area contributed by atoms with Gasteiger partial charge in [0.05, 0.1) is 37.6 Å². The molecule has 9 nitrogen and oxygen atoms in total. The van der Waals surface area contributed by atoms with Crippen LogP contribution in [0.2, 0.25) is 5.02 Å². The fraction of sp³-hybridized carbons (Fsp3) is 0.333. The van der Waals surface area contributed by atoms with E-state index in [0.717, 1.165) is 16.4 Å². The minimum absolute atomic E-state index is 0.0330. The maximum absolute atomic E-state index is 13.1. The lowest BCUT2D eigenvalue weighted by Crippen LogP contribution is -2.49. The predicted octanol–water partition coefficient (Wildman–Crippen LogP) is 4.35. The minimum atomic E-state index is -4.69. The Hall–Kier alpha value is -3.29. The zero-order valence-corrected chi connectivity index (χ0v) is 22.2. The quantitative estimate of drug-likeness (QED) is 0.412. The molecule has 0 atom stereocenters. The van der Waals surface area contributed by atoms with Crippen LogP contribution >= 0.6 is 11.6 Å². The van der Waals surface area contributed by atoms with Crippen molar-refractivity contribution in [2.45, 2.75) is 11.1 Å². The van der Waals surface area contributed by atoms with E-state index in [2.05, 4.69) is 10.2 Å². The maximum atomic E-state index is 13.1. The van der Waals surface area contributed by atoms with Crippen molar-refractivity contribution >= 4 is 27.4 Å². The molecule has 0 saturated carbocycles. The van der Waals surface area contributed by atoms with Crippen LogP contribution in [0, 0.1) is 0 Å². The number of ether oxygens (including phenoxy) is 3. The predicted molar refractivity (Wildman–Crippen MR) is 135 cm³/mol. The summed E-state index contributed by atoms with van der Waals surface area (Å²) in [5.41, 5.74) is 0.155. The first-order valence-corrected chi connectivity index (χ1v) is 13.1. The first kappa shape index (κ1) is 27.7. The maximum Gasteiger partial charge on any atom is 0.416 e. The number of halogens is 4. The van der Waals surface area contributed by atoms with Gasteiger partial charge in [-0.2, -0.15) is 17.5 Å². The zero-order valence-electron chi connectivity index (χ0n) is 20.6. The molecule has 3 aromatic rings. The second-order valence-corrected chi connectivity index (χ2v) is 10.5. The second kappa shape index (κ2) is 10.8. The average molecular weight is 573 g/mol. The Bertz CT molecular complexity index is 1390. The van der Waals surface area contributed by atoms with E-state index < -0.39 is 26.7 Å². The molecule has 0 amide bonds. The zero-order chi connectivity index (χ0) is 27.7. The van der Waals surface area contributed by atoms with Crippen molar-refractivity contribution in [1.29, 1.82) is 0 Å². The highest BCUT2D eigenvalue weighted by molar-refractivity contribution is 7.89. The lowest BCUT2D eigenvalue weighted by atomic mass is 10.1. The van der Waals surface area contributed by atoms with Crippen LogP contribution in [0.5, 0.6) is 17.2 Å². The Morgan fingerprint density at radius 2 is 1.50 bits per heavy atom.